The Morgan fingerprint density at radius 1 is 1.53 bits per heavy atom. The largest absolute Gasteiger partial charge is 0.475 e. The fourth-order valence-corrected chi connectivity index (χ4v) is 2.35. The zero-order valence-corrected chi connectivity index (χ0v) is 9.63. The maximum Gasteiger partial charge on any atom is 0.371 e. The van der Waals surface area contributed by atoms with Crippen molar-refractivity contribution in [1.29, 1.82) is 0 Å². The van der Waals surface area contributed by atoms with Crippen molar-refractivity contribution in [3.8, 4) is 0 Å². The van der Waals surface area contributed by atoms with Crippen LogP contribution in [0.4, 0.5) is 5.88 Å². The molecule has 1 saturated heterocycles. The summed E-state index contributed by atoms with van der Waals surface area (Å²) in [6.07, 6.45) is 3.84. The highest BCUT2D eigenvalue weighted by Gasteiger charge is 2.26. The molecule has 1 aromatic rings. The molecule has 1 aromatic heterocycles. The zero-order chi connectivity index (χ0) is 12.3. The third-order valence-electron chi connectivity index (χ3n) is 3.16. The van der Waals surface area contributed by atoms with Crippen LogP contribution >= 0.6 is 0 Å². The van der Waals surface area contributed by atoms with Crippen LogP contribution in [0.3, 0.4) is 0 Å². The van der Waals surface area contributed by atoms with Crippen LogP contribution in [0.2, 0.25) is 0 Å². The van der Waals surface area contributed by atoms with Gasteiger partial charge in [-0.05, 0) is 31.7 Å². The van der Waals surface area contributed by atoms with Crippen molar-refractivity contribution in [2.75, 3.05) is 18.1 Å². The first kappa shape index (κ1) is 12.0. The molecule has 1 atom stereocenters. The number of aliphatic hydroxyl groups excluding tert-OH is 1. The van der Waals surface area contributed by atoms with Crippen molar-refractivity contribution in [2.45, 2.75) is 31.7 Å². The fraction of sp³-hybridized carbons (Fsp3) is 0.583. The number of aliphatic hydroxyl groups is 1. The predicted molar refractivity (Wildman–Crippen MR) is 62.4 cm³/mol. The third-order valence-corrected chi connectivity index (χ3v) is 3.16. The maximum atomic E-state index is 10.7. The molecule has 0 bridgehead atoms. The molecule has 2 N–H and O–H groups in total. The summed E-state index contributed by atoms with van der Waals surface area (Å²) in [4.78, 5) is 12.8. The van der Waals surface area contributed by atoms with Crippen LogP contribution in [-0.2, 0) is 0 Å². The molecule has 94 valence electrons. The average molecular weight is 239 g/mol. The minimum atomic E-state index is -1.04. The van der Waals surface area contributed by atoms with E-state index < -0.39 is 5.97 Å². The summed E-state index contributed by atoms with van der Waals surface area (Å²) in [5.74, 6) is -0.432. The lowest BCUT2D eigenvalue weighted by Crippen LogP contribution is -2.28. The lowest BCUT2D eigenvalue weighted by molar-refractivity contribution is 0.0663. The molecule has 2 heterocycles. The van der Waals surface area contributed by atoms with Crippen LogP contribution in [0, 0.1) is 0 Å². The van der Waals surface area contributed by atoms with Gasteiger partial charge in [-0.2, -0.15) is 0 Å². The summed E-state index contributed by atoms with van der Waals surface area (Å²) in [6, 6.07) is 3.55. The smallest absolute Gasteiger partial charge is 0.371 e. The molecule has 0 saturated carbocycles. The van der Waals surface area contributed by atoms with Crippen LogP contribution in [0.15, 0.2) is 16.5 Å². The molecular weight excluding hydrogens is 222 g/mol. The Labute approximate surface area is 99.6 Å². The van der Waals surface area contributed by atoms with Gasteiger partial charge < -0.3 is 19.5 Å². The Kier molecular flexibility index (Phi) is 3.68. The molecule has 0 aliphatic carbocycles. The van der Waals surface area contributed by atoms with E-state index >= 15 is 0 Å². The first-order chi connectivity index (χ1) is 8.22. The number of hydrogen-bond acceptors (Lipinski definition) is 4. The number of anilines is 1. The second kappa shape index (κ2) is 5.23. The van der Waals surface area contributed by atoms with Crippen LogP contribution < -0.4 is 4.90 Å². The van der Waals surface area contributed by atoms with Gasteiger partial charge in [0, 0.05) is 25.3 Å². The van der Waals surface area contributed by atoms with Gasteiger partial charge in [-0.15, -0.1) is 0 Å². The van der Waals surface area contributed by atoms with Gasteiger partial charge in [0.2, 0.25) is 5.76 Å². The van der Waals surface area contributed by atoms with E-state index in [4.69, 9.17) is 14.6 Å². The molecule has 17 heavy (non-hydrogen) atoms. The van der Waals surface area contributed by atoms with Crippen LogP contribution in [-0.4, -0.2) is 35.4 Å². The second-order valence-electron chi connectivity index (χ2n) is 4.30. The Morgan fingerprint density at radius 2 is 2.35 bits per heavy atom. The minimum Gasteiger partial charge on any atom is -0.475 e. The molecule has 5 nitrogen and oxygen atoms in total. The SMILES string of the molecule is O=C(O)c1ccc(N2CCCC2CCCO)o1. The summed E-state index contributed by atoms with van der Waals surface area (Å²) in [6.45, 7) is 1.09. The van der Waals surface area contributed by atoms with Gasteiger partial charge >= 0.3 is 5.97 Å². The molecule has 0 aromatic carbocycles. The number of carboxylic acids is 1. The number of furan rings is 1. The topological polar surface area (TPSA) is 73.9 Å². The normalized spacial score (nSPS) is 19.8. The Balaban J connectivity index is 2.06. The highest BCUT2D eigenvalue weighted by atomic mass is 16.4. The molecule has 1 fully saturated rings. The van der Waals surface area contributed by atoms with Gasteiger partial charge in [0.1, 0.15) is 0 Å². The van der Waals surface area contributed by atoms with Gasteiger partial charge in [0.25, 0.3) is 0 Å². The molecule has 1 aliphatic rings. The summed E-state index contributed by atoms with van der Waals surface area (Å²) < 4.78 is 5.30. The van der Waals surface area contributed by atoms with Crippen molar-refractivity contribution in [3.05, 3.63) is 17.9 Å². The first-order valence-corrected chi connectivity index (χ1v) is 5.93. The monoisotopic (exact) mass is 239 g/mol. The van der Waals surface area contributed by atoms with Crippen molar-refractivity contribution < 1.29 is 19.4 Å². The van der Waals surface area contributed by atoms with Gasteiger partial charge in [-0.1, -0.05) is 0 Å². The molecule has 1 unspecified atom stereocenters. The number of carboxylic acid groups (broad SMARTS) is 1. The quantitative estimate of drug-likeness (QED) is 0.818. The van der Waals surface area contributed by atoms with Crippen molar-refractivity contribution >= 4 is 11.9 Å². The van der Waals surface area contributed by atoms with Crippen molar-refractivity contribution in [1.82, 2.24) is 0 Å². The van der Waals surface area contributed by atoms with Gasteiger partial charge in [0.05, 0.1) is 0 Å². The molecule has 0 amide bonds. The zero-order valence-electron chi connectivity index (χ0n) is 9.63. The van der Waals surface area contributed by atoms with E-state index in [1.807, 2.05) is 0 Å². The van der Waals surface area contributed by atoms with E-state index in [-0.39, 0.29) is 12.4 Å². The third kappa shape index (κ3) is 2.61. The number of carbonyl (C=O) groups is 1. The Bertz CT molecular complexity index is 388. The van der Waals surface area contributed by atoms with E-state index in [9.17, 15) is 4.79 Å². The molecular formula is C12H17NO4. The van der Waals surface area contributed by atoms with Crippen LogP contribution in [0.25, 0.3) is 0 Å². The molecule has 0 radical (unpaired) electrons. The first-order valence-electron chi connectivity index (χ1n) is 5.93. The van der Waals surface area contributed by atoms with Crippen molar-refractivity contribution in [3.63, 3.8) is 0 Å². The summed E-state index contributed by atoms with van der Waals surface area (Å²) in [5.41, 5.74) is 0. The standard InChI is InChI=1S/C12H17NO4/c14-8-2-4-9-3-1-7-13(9)11-6-5-10(17-11)12(15)16/h5-6,9,14H,1-4,7-8H2,(H,15,16). The molecule has 2 rings (SSSR count). The van der Waals surface area contributed by atoms with E-state index in [0.29, 0.717) is 11.9 Å². The Hall–Kier alpha value is -1.49. The van der Waals surface area contributed by atoms with Gasteiger partial charge in [-0.3, -0.25) is 0 Å². The molecule has 1 aliphatic heterocycles. The number of hydrogen-bond donors (Lipinski definition) is 2. The minimum absolute atomic E-state index is 0.0205. The maximum absolute atomic E-state index is 10.7. The summed E-state index contributed by atoms with van der Waals surface area (Å²) in [5, 5.41) is 17.6. The summed E-state index contributed by atoms with van der Waals surface area (Å²) in [7, 11) is 0. The molecule has 5 heteroatoms. The van der Waals surface area contributed by atoms with Crippen LogP contribution in [0.1, 0.15) is 36.2 Å². The number of nitrogens with zero attached hydrogens (tertiary/aromatic N) is 1. The fourth-order valence-electron chi connectivity index (χ4n) is 2.35. The second-order valence-corrected chi connectivity index (χ2v) is 4.30. The Morgan fingerprint density at radius 3 is 3.00 bits per heavy atom. The van der Waals surface area contributed by atoms with E-state index in [2.05, 4.69) is 4.90 Å². The summed E-state index contributed by atoms with van der Waals surface area (Å²) >= 11 is 0. The molecule has 0 spiro atoms. The van der Waals surface area contributed by atoms with Gasteiger partial charge in [-0.25, -0.2) is 4.79 Å². The average Bonchev–Trinajstić information content (AvgIpc) is 2.94. The predicted octanol–water partition coefficient (Wildman–Crippen LogP) is 1.72. The number of aromatic carboxylic acids is 1. The van der Waals surface area contributed by atoms with E-state index in [1.54, 1.807) is 6.07 Å². The lowest BCUT2D eigenvalue weighted by atomic mass is 10.1. The number of rotatable bonds is 5. The highest BCUT2D eigenvalue weighted by Crippen LogP contribution is 2.29. The van der Waals surface area contributed by atoms with E-state index in [1.165, 1.54) is 6.07 Å². The lowest BCUT2D eigenvalue weighted by Gasteiger charge is -2.23. The van der Waals surface area contributed by atoms with E-state index in [0.717, 1.165) is 32.2 Å². The van der Waals surface area contributed by atoms with Crippen molar-refractivity contribution in [2.24, 2.45) is 0 Å². The highest BCUT2D eigenvalue weighted by molar-refractivity contribution is 5.84. The van der Waals surface area contributed by atoms with Crippen LogP contribution in [0.5, 0.6) is 0 Å². The van der Waals surface area contributed by atoms with Gasteiger partial charge in [0.15, 0.2) is 5.88 Å².